The summed E-state index contributed by atoms with van der Waals surface area (Å²) >= 11 is 7.05. The highest BCUT2D eigenvalue weighted by atomic mass is 35.5. The highest BCUT2D eigenvalue weighted by Gasteiger charge is 2.19. The Labute approximate surface area is 128 Å². The Hall–Kier alpha value is -1.54. The highest BCUT2D eigenvalue weighted by Crippen LogP contribution is 2.26. The van der Waals surface area contributed by atoms with Crippen LogP contribution in [0.5, 0.6) is 0 Å². The standard InChI is InChI=1S/C13H11ClF2N4S/c14-9-5-10(15)8(4-11(9)16)12(19-17)3-7-6-20-1-2-21-13(20)18-7/h1-2,4-6,12,19H,3,17H2. The number of nitrogens with one attached hydrogen (secondary N) is 1. The summed E-state index contributed by atoms with van der Waals surface area (Å²) in [6, 6.07) is 1.41. The molecule has 3 aromatic rings. The maximum atomic E-state index is 13.9. The summed E-state index contributed by atoms with van der Waals surface area (Å²) < 4.78 is 29.3. The molecule has 2 heterocycles. The predicted octanol–water partition coefficient (Wildman–Crippen LogP) is 3.07. The van der Waals surface area contributed by atoms with Crippen LogP contribution < -0.4 is 11.3 Å². The molecule has 21 heavy (non-hydrogen) atoms. The van der Waals surface area contributed by atoms with E-state index < -0.39 is 17.7 Å². The van der Waals surface area contributed by atoms with Gasteiger partial charge in [-0.15, -0.1) is 11.3 Å². The molecule has 2 aromatic heterocycles. The summed E-state index contributed by atoms with van der Waals surface area (Å²) in [5.74, 6) is 4.19. The monoisotopic (exact) mass is 328 g/mol. The van der Waals surface area contributed by atoms with E-state index in [1.165, 1.54) is 11.3 Å². The number of halogens is 3. The fourth-order valence-electron chi connectivity index (χ4n) is 2.15. The van der Waals surface area contributed by atoms with Gasteiger partial charge < -0.3 is 0 Å². The van der Waals surface area contributed by atoms with Crippen molar-refractivity contribution in [3.63, 3.8) is 0 Å². The topological polar surface area (TPSA) is 55.3 Å². The number of benzene rings is 1. The van der Waals surface area contributed by atoms with E-state index in [1.807, 2.05) is 22.2 Å². The van der Waals surface area contributed by atoms with Gasteiger partial charge in [0.2, 0.25) is 0 Å². The van der Waals surface area contributed by atoms with Gasteiger partial charge in [0, 0.05) is 29.8 Å². The number of rotatable bonds is 4. The van der Waals surface area contributed by atoms with E-state index in [9.17, 15) is 8.78 Å². The van der Waals surface area contributed by atoms with Crippen molar-refractivity contribution < 1.29 is 8.78 Å². The molecule has 3 N–H and O–H groups in total. The third-order valence-corrected chi connectivity index (χ3v) is 4.23. The Balaban J connectivity index is 1.91. The number of hydrazine groups is 1. The first-order chi connectivity index (χ1) is 10.1. The number of fused-ring (bicyclic) bond motifs is 1. The summed E-state index contributed by atoms with van der Waals surface area (Å²) in [6.45, 7) is 0. The molecule has 1 atom stereocenters. The summed E-state index contributed by atoms with van der Waals surface area (Å²) in [6.07, 6.45) is 4.05. The lowest BCUT2D eigenvalue weighted by molar-refractivity contribution is 0.500. The van der Waals surface area contributed by atoms with E-state index in [-0.39, 0.29) is 10.6 Å². The second kappa shape index (κ2) is 5.69. The van der Waals surface area contributed by atoms with Crippen LogP contribution >= 0.6 is 22.9 Å². The molecule has 0 bridgehead atoms. The Kier molecular flexibility index (Phi) is 3.90. The molecule has 0 amide bonds. The van der Waals surface area contributed by atoms with Crippen LogP contribution in [0.3, 0.4) is 0 Å². The minimum Gasteiger partial charge on any atom is -0.297 e. The smallest absolute Gasteiger partial charge is 0.193 e. The summed E-state index contributed by atoms with van der Waals surface area (Å²) in [7, 11) is 0. The quantitative estimate of drug-likeness (QED) is 0.439. The van der Waals surface area contributed by atoms with Crippen molar-refractivity contribution in [3.05, 3.63) is 57.8 Å². The first-order valence-electron chi connectivity index (χ1n) is 6.10. The van der Waals surface area contributed by atoms with Gasteiger partial charge in [-0.05, 0) is 12.1 Å². The lowest BCUT2D eigenvalue weighted by Crippen LogP contribution is -2.30. The molecule has 0 aliphatic carbocycles. The highest BCUT2D eigenvalue weighted by molar-refractivity contribution is 7.15. The molecule has 0 aliphatic heterocycles. The molecule has 1 unspecified atom stereocenters. The van der Waals surface area contributed by atoms with Gasteiger partial charge in [-0.25, -0.2) is 13.8 Å². The van der Waals surface area contributed by atoms with Crippen LogP contribution in [0, 0.1) is 11.6 Å². The molecule has 0 radical (unpaired) electrons. The molecule has 4 nitrogen and oxygen atoms in total. The van der Waals surface area contributed by atoms with Crippen LogP contribution in [0.25, 0.3) is 4.96 Å². The van der Waals surface area contributed by atoms with Gasteiger partial charge in [0.15, 0.2) is 4.96 Å². The van der Waals surface area contributed by atoms with Crippen molar-refractivity contribution >= 4 is 27.9 Å². The Morgan fingerprint density at radius 2 is 2.19 bits per heavy atom. The summed E-state index contributed by atoms with van der Waals surface area (Å²) in [5, 5.41) is 1.66. The van der Waals surface area contributed by atoms with Crippen molar-refractivity contribution in [2.45, 2.75) is 12.5 Å². The van der Waals surface area contributed by atoms with Crippen LogP contribution in [0.2, 0.25) is 5.02 Å². The van der Waals surface area contributed by atoms with Gasteiger partial charge in [0.25, 0.3) is 0 Å². The minimum atomic E-state index is -0.681. The summed E-state index contributed by atoms with van der Waals surface area (Å²) in [4.78, 5) is 5.24. The first kappa shape index (κ1) is 14.4. The number of nitrogens with two attached hydrogens (primary N) is 1. The average Bonchev–Trinajstić information content (AvgIpc) is 3.01. The van der Waals surface area contributed by atoms with Crippen molar-refractivity contribution in [1.82, 2.24) is 14.8 Å². The molecular formula is C13H11ClF2N4S. The van der Waals surface area contributed by atoms with Crippen molar-refractivity contribution in [3.8, 4) is 0 Å². The largest absolute Gasteiger partial charge is 0.297 e. The number of nitrogens with zero attached hydrogens (tertiary/aromatic N) is 2. The van der Waals surface area contributed by atoms with Crippen LogP contribution in [-0.2, 0) is 6.42 Å². The molecule has 110 valence electrons. The number of aromatic nitrogens is 2. The van der Waals surface area contributed by atoms with Gasteiger partial charge >= 0.3 is 0 Å². The van der Waals surface area contributed by atoms with Gasteiger partial charge in [-0.3, -0.25) is 15.7 Å². The third-order valence-electron chi connectivity index (χ3n) is 3.17. The third kappa shape index (κ3) is 2.77. The Morgan fingerprint density at radius 1 is 1.38 bits per heavy atom. The molecule has 1 aromatic carbocycles. The van der Waals surface area contributed by atoms with Gasteiger partial charge in [-0.2, -0.15) is 0 Å². The van der Waals surface area contributed by atoms with E-state index in [1.54, 1.807) is 0 Å². The van der Waals surface area contributed by atoms with Crippen molar-refractivity contribution in [1.29, 1.82) is 0 Å². The lowest BCUT2D eigenvalue weighted by Gasteiger charge is -2.16. The molecule has 0 aliphatic rings. The van der Waals surface area contributed by atoms with Crippen LogP contribution in [0.1, 0.15) is 17.3 Å². The molecule has 3 rings (SSSR count). The number of hydrogen-bond acceptors (Lipinski definition) is 4. The number of hydrogen-bond donors (Lipinski definition) is 2. The maximum Gasteiger partial charge on any atom is 0.193 e. The Bertz CT molecular complexity index is 757. The van der Waals surface area contributed by atoms with Crippen molar-refractivity contribution in [2.75, 3.05) is 0 Å². The molecule has 0 saturated carbocycles. The fraction of sp³-hybridized carbons (Fsp3) is 0.154. The first-order valence-corrected chi connectivity index (χ1v) is 7.36. The van der Waals surface area contributed by atoms with E-state index in [0.29, 0.717) is 6.42 Å². The van der Waals surface area contributed by atoms with Crippen LogP contribution in [0.15, 0.2) is 29.9 Å². The Morgan fingerprint density at radius 3 is 2.90 bits per heavy atom. The molecule has 0 saturated heterocycles. The van der Waals surface area contributed by atoms with Crippen LogP contribution in [-0.4, -0.2) is 9.38 Å². The number of imidazole rings is 1. The maximum absolute atomic E-state index is 13.9. The van der Waals surface area contributed by atoms with Crippen LogP contribution in [0.4, 0.5) is 8.78 Å². The molecule has 0 fully saturated rings. The second-order valence-electron chi connectivity index (χ2n) is 4.54. The van der Waals surface area contributed by atoms with E-state index in [4.69, 9.17) is 17.4 Å². The molecule has 8 heteroatoms. The molecule has 0 spiro atoms. The number of thiazole rings is 1. The van der Waals surface area contributed by atoms with Gasteiger partial charge in [0.1, 0.15) is 11.6 Å². The SMILES string of the molecule is NNC(Cc1cn2ccsc2n1)c1cc(F)c(Cl)cc1F. The minimum absolute atomic E-state index is 0.121. The van der Waals surface area contributed by atoms with E-state index in [2.05, 4.69) is 10.4 Å². The fourth-order valence-corrected chi connectivity index (χ4v) is 3.02. The van der Waals surface area contributed by atoms with Gasteiger partial charge in [0.05, 0.1) is 16.8 Å². The molecular weight excluding hydrogens is 318 g/mol. The lowest BCUT2D eigenvalue weighted by atomic mass is 10.0. The second-order valence-corrected chi connectivity index (χ2v) is 5.82. The summed E-state index contributed by atoms with van der Waals surface area (Å²) in [5.41, 5.74) is 3.35. The zero-order chi connectivity index (χ0) is 15.0. The predicted molar refractivity (Wildman–Crippen MR) is 78.2 cm³/mol. The zero-order valence-electron chi connectivity index (χ0n) is 10.7. The van der Waals surface area contributed by atoms with E-state index >= 15 is 0 Å². The normalized spacial score (nSPS) is 13.0. The van der Waals surface area contributed by atoms with E-state index in [0.717, 1.165) is 22.8 Å². The zero-order valence-corrected chi connectivity index (χ0v) is 12.3. The average molecular weight is 329 g/mol. The van der Waals surface area contributed by atoms with Crippen molar-refractivity contribution in [2.24, 2.45) is 5.84 Å². The van der Waals surface area contributed by atoms with Gasteiger partial charge in [-0.1, -0.05) is 11.6 Å².